The fourth-order valence-corrected chi connectivity index (χ4v) is 1.65. The highest BCUT2D eigenvalue weighted by atomic mass is 19.2. The Morgan fingerprint density at radius 2 is 2.06 bits per heavy atom. The Labute approximate surface area is 93.9 Å². The van der Waals surface area contributed by atoms with E-state index in [1.807, 2.05) is 0 Å². The second-order valence-electron chi connectivity index (χ2n) is 3.78. The highest BCUT2D eigenvalue weighted by Gasteiger charge is 2.46. The molecule has 0 spiro atoms. The molecular formula is C10H6F2N2O3. The fourth-order valence-electron chi connectivity index (χ4n) is 1.65. The number of hydrogen-bond acceptors (Lipinski definition) is 4. The molecule has 0 atom stereocenters. The van der Waals surface area contributed by atoms with Crippen LogP contribution in [0.3, 0.4) is 0 Å². The van der Waals surface area contributed by atoms with Gasteiger partial charge >= 0.3 is 5.69 Å². The van der Waals surface area contributed by atoms with Crippen LogP contribution in [0.5, 0.6) is 0 Å². The normalized spacial score (nSPS) is 16.1. The van der Waals surface area contributed by atoms with Gasteiger partial charge in [-0.15, -0.1) is 0 Å². The predicted molar refractivity (Wildman–Crippen MR) is 52.0 cm³/mol. The van der Waals surface area contributed by atoms with Crippen molar-refractivity contribution >= 4 is 11.8 Å². The molecule has 0 amide bonds. The van der Waals surface area contributed by atoms with E-state index in [9.17, 15) is 23.7 Å². The number of aliphatic imine (C=N–C) groups is 1. The molecule has 2 rings (SSSR count). The van der Waals surface area contributed by atoms with Crippen molar-refractivity contribution in [1.82, 2.24) is 0 Å². The Bertz CT molecular complexity index is 549. The number of hydrogen-bond donors (Lipinski definition) is 0. The lowest BCUT2D eigenvalue weighted by Gasteiger charge is -2.08. The van der Waals surface area contributed by atoms with E-state index >= 15 is 0 Å². The molecule has 0 N–H and O–H groups in total. The van der Waals surface area contributed by atoms with Gasteiger partial charge in [0.15, 0.2) is 5.82 Å². The summed E-state index contributed by atoms with van der Waals surface area (Å²) in [6.07, 6.45) is 2.27. The second-order valence-corrected chi connectivity index (χ2v) is 3.78. The van der Waals surface area contributed by atoms with Crippen LogP contribution in [-0.4, -0.2) is 11.0 Å². The quantitative estimate of drug-likeness (QED) is 0.352. The van der Waals surface area contributed by atoms with E-state index in [1.54, 1.807) is 0 Å². The Kier molecular flexibility index (Phi) is 2.48. The van der Waals surface area contributed by atoms with Crippen LogP contribution in [0.2, 0.25) is 0 Å². The summed E-state index contributed by atoms with van der Waals surface area (Å²) in [5.41, 5.74) is -1.78. The highest BCUT2D eigenvalue weighted by molar-refractivity contribution is 5.46. The molecule has 0 saturated heterocycles. The zero-order valence-corrected chi connectivity index (χ0v) is 8.44. The van der Waals surface area contributed by atoms with Crippen molar-refractivity contribution in [3.05, 3.63) is 39.4 Å². The van der Waals surface area contributed by atoms with Gasteiger partial charge in [0.25, 0.3) is 0 Å². The molecule has 0 unspecified atom stereocenters. The maximum atomic E-state index is 13.2. The van der Waals surface area contributed by atoms with E-state index in [2.05, 4.69) is 4.99 Å². The molecule has 88 valence electrons. The molecule has 17 heavy (non-hydrogen) atoms. The van der Waals surface area contributed by atoms with Crippen molar-refractivity contribution in [3.63, 3.8) is 0 Å². The van der Waals surface area contributed by atoms with Crippen LogP contribution in [-0.2, 0) is 10.3 Å². The van der Waals surface area contributed by atoms with Gasteiger partial charge in [-0.3, -0.25) is 10.1 Å². The van der Waals surface area contributed by atoms with E-state index in [1.165, 1.54) is 6.08 Å². The summed E-state index contributed by atoms with van der Waals surface area (Å²) in [5.74, 6) is -2.83. The van der Waals surface area contributed by atoms with Crippen LogP contribution in [0.15, 0.2) is 17.1 Å². The number of nitro benzene ring substituents is 1. The summed E-state index contributed by atoms with van der Waals surface area (Å²) >= 11 is 0. The number of nitro groups is 1. The summed E-state index contributed by atoms with van der Waals surface area (Å²) in [6.45, 7) is 0. The smallest absolute Gasteiger partial charge is 0.258 e. The minimum atomic E-state index is -1.51. The first-order valence-corrected chi connectivity index (χ1v) is 4.73. The van der Waals surface area contributed by atoms with E-state index < -0.39 is 27.8 Å². The van der Waals surface area contributed by atoms with Crippen molar-refractivity contribution in [2.45, 2.75) is 18.4 Å². The van der Waals surface area contributed by atoms with Crippen molar-refractivity contribution < 1.29 is 18.5 Å². The first kappa shape index (κ1) is 11.3. The van der Waals surface area contributed by atoms with Crippen LogP contribution in [0, 0.1) is 21.7 Å². The molecule has 1 aliphatic rings. The molecule has 0 aliphatic heterocycles. The maximum absolute atomic E-state index is 13.2. The first-order chi connectivity index (χ1) is 8.00. The Hall–Kier alpha value is -2.14. The molecule has 1 saturated carbocycles. The number of benzene rings is 1. The molecular weight excluding hydrogens is 234 g/mol. The molecule has 0 bridgehead atoms. The summed E-state index contributed by atoms with van der Waals surface area (Å²) in [4.78, 5) is 23.2. The lowest BCUT2D eigenvalue weighted by atomic mass is 10.0. The maximum Gasteiger partial charge on any atom is 0.308 e. The zero-order valence-electron chi connectivity index (χ0n) is 8.44. The molecule has 1 aromatic rings. The van der Waals surface area contributed by atoms with Gasteiger partial charge in [0.05, 0.1) is 10.5 Å². The average Bonchev–Trinajstić information content (AvgIpc) is 3.03. The van der Waals surface area contributed by atoms with Gasteiger partial charge in [0.2, 0.25) is 11.9 Å². The fraction of sp³-hybridized carbons (Fsp3) is 0.300. The van der Waals surface area contributed by atoms with Crippen LogP contribution in [0.4, 0.5) is 14.5 Å². The van der Waals surface area contributed by atoms with Crippen molar-refractivity contribution in [2.75, 3.05) is 0 Å². The van der Waals surface area contributed by atoms with Gasteiger partial charge < -0.3 is 0 Å². The summed E-state index contributed by atoms with van der Waals surface area (Å²) in [7, 11) is 0. The van der Waals surface area contributed by atoms with Crippen molar-refractivity contribution in [3.8, 4) is 0 Å². The van der Waals surface area contributed by atoms with Gasteiger partial charge in [0.1, 0.15) is 0 Å². The second kappa shape index (κ2) is 3.71. The number of isocyanates is 1. The van der Waals surface area contributed by atoms with Crippen LogP contribution >= 0.6 is 0 Å². The third-order valence-electron chi connectivity index (χ3n) is 2.73. The van der Waals surface area contributed by atoms with E-state index in [0.29, 0.717) is 12.8 Å². The number of halogens is 2. The summed E-state index contributed by atoms with van der Waals surface area (Å²) in [6, 6.07) is 1.74. The van der Waals surface area contributed by atoms with E-state index in [-0.39, 0.29) is 5.56 Å². The molecule has 0 radical (unpaired) electrons. The SMILES string of the molecule is O=C=NC1(c2cc(F)c(F)c([N+](=O)[O-])c2)CC1. The third-order valence-corrected chi connectivity index (χ3v) is 2.73. The Morgan fingerprint density at radius 3 is 2.53 bits per heavy atom. The van der Waals surface area contributed by atoms with Crippen molar-refractivity contribution in [2.24, 2.45) is 4.99 Å². The molecule has 1 aromatic carbocycles. The van der Waals surface area contributed by atoms with Crippen LogP contribution in [0.25, 0.3) is 0 Å². The third kappa shape index (κ3) is 1.81. The van der Waals surface area contributed by atoms with Crippen LogP contribution < -0.4 is 0 Å². The summed E-state index contributed by atoms with van der Waals surface area (Å²) in [5, 5.41) is 10.5. The minimum absolute atomic E-state index is 0.131. The van der Waals surface area contributed by atoms with Gasteiger partial charge in [0, 0.05) is 6.07 Å². The molecule has 7 heteroatoms. The topological polar surface area (TPSA) is 72.6 Å². The Morgan fingerprint density at radius 1 is 1.41 bits per heavy atom. The number of carbonyl (C=O) groups excluding carboxylic acids is 1. The standard InChI is InChI=1S/C10H6F2N2O3/c11-7-3-6(10(1-2-10)13-5-15)4-8(9(7)12)14(16)17/h3-4H,1-2H2. The van der Waals surface area contributed by atoms with Crippen molar-refractivity contribution in [1.29, 1.82) is 0 Å². The minimum Gasteiger partial charge on any atom is -0.258 e. The van der Waals surface area contributed by atoms with E-state index in [0.717, 1.165) is 12.1 Å². The first-order valence-electron chi connectivity index (χ1n) is 4.73. The largest absolute Gasteiger partial charge is 0.308 e. The molecule has 5 nitrogen and oxygen atoms in total. The van der Waals surface area contributed by atoms with E-state index in [4.69, 9.17) is 0 Å². The van der Waals surface area contributed by atoms with Gasteiger partial charge in [-0.05, 0) is 24.5 Å². The Balaban J connectivity index is 2.58. The summed E-state index contributed by atoms with van der Waals surface area (Å²) < 4.78 is 26.3. The predicted octanol–water partition coefficient (Wildman–Crippen LogP) is 2.20. The van der Waals surface area contributed by atoms with Gasteiger partial charge in [-0.2, -0.15) is 9.38 Å². The molecule has 1 fully saturated rings. The van der Waals surface area contributed by atoms with Gasteiger partial charge in [-0.1, -0.05) is 0 Å². The number of rotatable bonds is 3. The van der Waals surface area contributed by atoms with Gasteiger partial charge in [-0.25, -0.2) is 9.18 Å². The van der Waals surface area contributed by atoms with Crippen LogP contribution in [0.1, 0.15) is 18.4 Å². The lowest BCUT2D eigenvalue weighted by molar-refractivity contribution is -0.387. The number of nitrogens with zero attached hydrogens (tertiary/aromatic N) is 2. The monoisotopic (exact) mass is 240 g/mol. The molecule has 1 aliphatic carbocycles. The molecule has 0 heterocycles. The zero-order chi connectivity index (χ0) is 12.6. The average molecular weight is 240 g/mol. The molecule has 0 aromatic heterocycles. The lowest BCUT2D eigenvalue weighted by Crippen LogP contribution is -2.06. The highest BCUT2D eigenvalue weighted by Crippen LogP contribution is 2.50.